The Hall–Kier alpha value is -3.72. The molecule has 0 radical (unpaired) electrons. The van der Waals surface area contributed by atoms with Crippen LogP contribution >= 0.6 is 11.8 Å². The molecule has 2 aromatic carbocycles. The van der Waals surface area contributed by atoms with Crippen LogP contribution in [0.1, 0.15) is 12.5 Å². The van der Waals surface area contributed by atoms with Gasteiger partial charge in [0.1, 0.15) is 6.54 Å². The lowest BCUT2D eigenvalue weighted by atomic mass is 10.1. The number of benzene rings is 2. The van der Waals surface area contributed by atoms with Crippen molar-refractivity contribution in [3.8, 4) is 11.5 Å². The number of nitrogens with one attached hydrogen (secondary N) is 1. The first-order valence-corrected chi connectivity index (χ1v) is 10.9. The van der Waals surface area contributed by atoms with Crippen molar-refractivity contribution in [2.75, 3.05) is 18.7 Å². The monoisotopic (exact) mass is 449 g/mol. The number of imide groups is 1. The second kappa shape index (κ2) is 8.08. The van der Waals surface area contributed by atoms with E-state index in [0.29, 0.717) is 22.1 Å². The van der Waals surface area contributed by atoms with E-state index in [0.717, 1.165) is 39.7 Å². The smallest absolute Gasteiger partial charge is 0.294 e. The molecule has 3 heterocycles. The number of aromatic nitrogens is 1. The summed E-state index contributed by atoms with van der Waals surface area (Å²) in [7, 11) is 0. The summed E-state index contributed by atoms with van der Waals surface area (Å²) in [6, 6.07) is 12.9. The third-order valence-electron chi connectivity index (χ3n) is 5.28. The van der Waals surface area contributed by atoms with Crippen molar-refractivity contribution in [3.63, 3.8) is 0 Å². The molecule has 8 nitrogen and oxygen atoms in total. The molecule has 0 saturated carbocycles. The molecule has 32 heavy (non-hydrogen) atoms. The maximum atomic E-state index is 12.9. The minimum atomic E-state index is -0.478. The van der Waals surface area contributed by atoms with E-state index in [4.69, 9.17) is 9.47 Å². The van der Waals surface area contributed by atoms with Crippen molar-refractivity contribution in [2.24, 2.45) is 0 Å². The highest BCUT2D eigenvalue weighted by Gasteiger charge is 2.36. The quantitative estimate of drug-likeness (QED) is 0.591. The van der Waals surface area contributed by atoms with E-state index in [-0.39, 0.29) is 13.3 Å². The summed E-state index contributed by atoms with van der Waals surface area (Å²) >= 11 is 0.839. The van der Waals surface area contributed by atoms with E-state index in [1.807, 2.05) is 37.4 Å². The third kappa shape index (κ3) is 3.60. The molecule has 1 aromatic heterocycles. The van der Waals surface area contributed by atoms with Crippen LogP contribution in [0.25, 0.3) is 17.0 Å². The van der Waals surface area contributed by atoms with Crippen LogP contribution in [0.3, 0.4) is 0 Å². The average molecular weight is 449 g/mol. The third-order valence-corrected chi connectivity index (χ3v) is 6.19. The molecule has 0 unspecified atom stereocenters. The molecule has 1 saturated heterocycles. The fourth-order valence-electron chi connectivity index (χ4n) is 3.75. The summed E-state index contributed by atoms with van der Waals surface area (Å²) in [6.45, 7) is 2.60. The first-order valence-electron chi connectivity index (χ1n) is 10.1. The molecule has 9 heteroatoms. The van der Waals surface area contributed by atoms with Gasteiger partial charge in [0.05, 0.1) is 4.91 Å². The van der Waals surface area contributed by atoms with Crippen LogP contribution in [-0.4, -0.2) is 39.9 Å². The molecule has 0 atom stereocenters. The van der Waals surface area contributed by atoms with Crippen LogP contribution in [0.5, 0.6) is 11.5 Å². The topological polar surface area (TPSA) is 89.9 Å². The van der Waals surface area contributed by atoms with Gasteiger partial charge in [-0.15, -0.1) is 0 Å². The summed E-state index contributed by atoms with van der Waals surface area (Å²) in [5.74, 6) is 0.177. The maximum absolute atomic E-state index is 12.9. The normalized spacial score (nSPS) is 16.4. The largest absolute Gasteiger partial charge is 0.454 e. The van der Waals surface area contributed by atoms with Crippen LogP contribution in [0.4, 0.5) is 10.5 Å². The summed E-state index contributed by atoms with van der Waals surface area (Å²) < 4.78 is 12.6. The predicted molar refractivity (Wildman–Crippen MR) is 121 cm³/mol. The number of carbonyl (C=O) groups excluding carboxylic acids is 3. The zero-order chi connectivity index (χ0) is 22.2. The Kier molecular flexibility index (Phi) is 5.10. The van der Waals surface area contributed by atoms with E-state index >= 15 is 0 Å². The van der Waals surface area contributed by atoms with E-state index in [2.05, 4.69) is 9.88 Å². The van der Waals surface area contributed by atoms with Crippen molar-refractivity contribution in [1.29, 1.82) is 0 Å². The molecule has 0 aliphatic carbocycles. The van der Waals surface area contributed by atoms with E-state index in [1.165, 1.54) is 0 Å². The number of hydrogen-bond donors (Lipinski definition) is 1. The molecular weight excluding hydrogens is 430 g/mol. The number of hydrogen-bond acceptors (Lipinski definition) is 6. The van der Waals surface area contributed by atoms with Gasteiger partial charge < -0.3 is 19.4 Å². The average Bonchev–Trinajstić information content (AvgIpc) is 3.46. The van der Waals surface area contributed by atoms with Crippen LogP contribution in [0.15, 0.2) is 53.6 Å². The number of ether oxygens (including phenoxy) is 2. The Morgan fingerprint density at radius 1 is 1.16 bits per heavy atom. The summed E-state index contributed by atoms with van der Waals surface area (Å²) in [5, 5.41) is 3.22. The summed E-state index contributed by atoms with van der Waals surface area (Å²) in [6.07, 6.45) is 3.68. The van der Waals surface area contributed by atoms with Crippen molar-refractivity contribution in [2.45, 2.75) is 13.5 Å². The number of fused-ring (bicyclic) bond motifs is 2. The standard InChI is InChI=1S/C23H19N3O5S/c1-2-25-11-14(16-5-3-4-6-17(16)25)9-20-22(28)26(23(29)32-20)12-21(27)24-15-7-8-18-19(10-15)31-13-30-18/h3-11H,2,12-13H2,1H3,(H,24,27)/b20-9+. The van der Waals surface area contributed by atoms with Gasteiger partial charge in [0.2, 0.25) is 12.7 Å². The number of carbonyl (C=O) groups is 3. The number of anilines is 1. The number of aryl methyl sites for hydroxylation is 1. The lowest BCUT2D eigenvalue weighted by Crippen LogP contribution is -2.36. The zero-order valence-corrected chi connectivity index (χ0v) is 18.0. The van der Waals surface area contributed by atoms with Gasteiger partial charge >= 0.3 is 0 Å². The van der Waals surface area contributed by atoms with E-state index < -0.39 is 17.1 Å². The Balaban J connectivity index is 1.32. The maximum Gasteiger partial charge on any atom is 0.294 e. The number of thioether (sulfide) groups is 1. The zero-order valence-electron chi connectivity index (χ0n) is 17.2. The second-order valence-electron chi connectivity index (χ2n) is 7.27. The molecule has 5 rings (SSSR count). The molecule has 2 aliphatic rings. The van der Waals surface area contributed by atoms with Crippen LogP contribution in [0, 0.1) is 0 Å². The van der Waals surface area contributed by atoms with Crippen LogP contribution < -0.4 is 14.8 Å². The Bertz CT molecular complexity index is 1300. The SMILES string of the molecule is CCn1cc(/C=C2/SC(=O)N(CC(=O)Nc3ccc4c(c3)OCO4)C2=O)c2ccccc21. The second-order valence-corrected chi connectivity index (χ2v) is 8.26. The first kappa shape index (κ1) is 20.2. The Morgan fingerprint density at radius 2 is 1.97 bits per heavy atom. The van der Waals surface area contributed by atoms with E-state index in [1.54, 1.807) is 24.3 Å². The van der Waals surface area contributed by atoms with Crippen molar-refractivity contribution >= 4 is 51.5 Å². The number of rotatable bonds is 5. The molecular formula is C23H19N3O5S. The van der Waals surface area contributed by atoms with Gasteiger partial charge in [-0.2, -0.15) is 0 Å². The highest BCUT2D eigenvalue weighted by molar-refractivity contribution is 8.18. The van der Waals surface area contributed by atoms with Gasteiger partial charge in [-0.25, -0.2) is 0 Å². The fourth-order valence-corrected chi connectivity index (χ4v) is 4.58. The van der Waals surface area contributed by atoms with Gasteiger partial charge in [0.15, 0.2) is 11.5 Å². The van der Waals surface area contributed by atoms with Gasteiger partial charge in [-0.3, -0.25) is 19.3 Å². The summed E-state index contributed by atoms with van der Waals surface area (Å²) in [4.78, 5) is 39.1. The van der Waals surface area contributed by atoms with Crippen molar-refractivity contribution in [3.05, 3.63) is 59.1 Å². The highest BCUT2D eigenvalue weighted by Crippen LogP contribution is 2.35. The Morgan fingerprint density at radius 3 is 2.81 bits per heavy atom. The summed E-state index contributed by atoms with van der Waals surface area (Å²) in [5.41, 5.74) is 2.41. The molecule has 1 fully saturated rings. The van der Waals surface area contributed by atoms with Crippen LogP contribution in [0.2, 0.25) is 0 Å². The highest BCUT2D eigenvalue weighted by atomic mass is 32.2. The Labute approximate surface area is 187 Å². The predicted octanol–water partition coefficient (Wildman–Crippen LogP) is 4.06. The van der Waals surface area contributed by atoms with Gasteiger partial charge in [-0.05, 0) is 43.0 Å². The fraction of sp³-hybridized carbons (Fsp3) is 0.174. The van der Waals surface area contributed by atoms with Crippen LogP contribution in [-0.2, 0) is 16.1 Å². The van der Waals surface area contributed by atoms with Gasteiger partial charge in [0, 0.05) is 41.0 Å². The van der Waals surface area contributed by atoms with Gasteiger partial charge in [-0.1, -0.05) is 18.2 Å². The minimum absolute atomic E-state index is 0.132. The molecule has 0 bridgehead atoms. The first-order chi connectivity index (χ1) is 15.5. The van der Waals surface area contributed by atoms with Crippen molar-refractivity contribution in [1.82, 2.24) is 9.47 Å². The number of nitrogens with zero attached hydrogens (tertiary/aromatic N) is 2. The number of amides is 3. The molecule has 162 valence electrons. The number of para-hydroxylation sites is 1. The molecule has 3 amide bonds. The molecule has 0 spiro atoms. The van der Waals surface area contributed by atoms with Crippen molar-refractivity contribution < 1.29 is 23.9 Å². The lowest BCUT2D eigenvalue weighted by Gasteiger charge is -2.12. The van der Waals surface area contributed by atoms with E-state index in [9.17, 15) is 14.4 Å². The molecule has 1 N–H and O–H groups in total. The van der Waals surface area contributed by atoms with Gasteiger partial charge in [0.25, 0.3) is 11.1 Å². The molecule has 3 aromatic rings. The lowest BCUT2D eigenvalue weighted by molar-refractivity contribution is -0.127. The molecule has 2 aliphatic heterocycles. The minimum Gasteiger partial charge on any atom is -0.454 e.